The van der Waals surface area contributed by atoms with Crippen LogP contribution in [0.3, 0.4) is 0 Å². The first kappa shape index (κ1) is 22.7. The molecule has 0 bridgehead atoms. The highest BCUT2D eigenvalue weighted by Gasteiger charge is 2.21. The number of hydrogen-bond donors (Lipinski definition) is 2. The van der Waals surface area contributed by atoms with Crippen molar-refractivity contribution in [1.82, 2.24) is 15.1 Å². The number of carbonyl (C=O) groups is 1. The lowest BCUT2D eigenvalue weighted by atomic mass is 10.1. The molecule has 3 rings (SSSR count). The molecule has 2 aromatic rings. The minimum Gasteiger partial charge on any atom is -0.357 e. The number of piperidine rings is 1. The zero-order valence-electron chi connectivity index (χ0n) is 18.1. The SMILES string of the molecule is CCC=C/C=C\C(=NC)N1CCC(Nc2nnc(NC(=O)Cc3ccccc3)s2)CC1. The van der Waals surface area contributed by atoms with E-state index in [0.717, 1.165) is 48.9 Å². The van der Waals surface area contributed by atoms with E-state index in [2.05, 4.69) is 55.9 Å². The Hall–Kier alpha value is -3.00. The van der Waals surface area contributed by atoms with E-state index in [1.165, 1.54) is 11.3 Å². The van der Waals surface area contributed by atoms with Gasteiger partial charge in [-0.25, -0.2) is 0 Å². The van der Waals surface area contributed by atoms with Crippen molar-refractivity contribution in [2.75, 3.05) is 30.8 Å². The number of likely N-dealkylation sites (tertiary alicyclic amines) is 1. The standard InChI is InChI=1S/C23H30N6OS/c1-3-4-5-9-12-20(24-2)29-15-13-19(14-16-29)25-22-27-28-23(31-22)26-21(30)17-18-10-7-6-8-11-18/h4-12,19H,3,13-17H2,1-2H3,(H,25,27)(H,26,28,30)/b5-4?,12-9-,24-20?. The van der Waals surface area contributed by atoms with E-state index in [-0.39, 0.29) is 5.91 Å². The second-order valence-electron chi connectivity index (χ2n) is 7.31. The van der Waals surface area contributed by atoms with Gasteiger partial charge in [0.25, 0.3) is 0 Å². The molecule has 2 heterocycles. The van der Waals surface area contributed by atoms with Crippen LogP contribution in [0.1, 0.15) is 31.7 Å². The smallest absolute Gasteiger partial charge is 0.230 e. The van der Waals surface area contributed by atoms with Gasteiger partial charge in [0.15, 0.2) is 0 Å². The summed E-state index contributed by atoms with van der Waals surface area (Å²) in [4.78, 5) is 18.9. The third kappa shape index (κ3) is 7.32. The first-order chi connectivity index (χ1) is 15.2. The van der Waals surface area contributed by atoms with Gasteiger partial charge in [0, 0.05) is 26.2 Å². The highest BCUT2D eigenvalue weighted by atomic mass is 32.1. The molecule has 1 aliphatic heterocycles. The maximum Gasteiger partial charge on any atom is 0.230 e. The number of aliphatic imine (C=N–C) groups is 1. The van der Waals surface area contributed by atoms with Crippen LogP contribution in [0, 0.1) is 0 Å². The Bertz CT molecular complexity index is 913. The van der Waals surface area contributed by atoms with Crippen molar-refractivity contribution in [2.24, 2.45) is 4.99 Å². The maximum absolute atomic E-state index is 12.2. The average molecular weight is 439 g/mol. The monoisotopic (exact) mass is 438 g/mol. The topological polar surface area (TPSA) is 82.5 Å². The molecule has 1 aromatic carbocycles. The molecule has 0 atom stereocenters. The molecule has 31 heavy (non-hydrogen) atoms. The van der Waals surface area contributed by atoms with E-state index < -0.39 is 0 Å². The summed E-state index contributed by atoms with van der Waals surface area (Å²) in [6.07, 6.45) is 11.6. The maximum atomic E-state index is 12.2. The fraction of sp³-hybridized carbons (Fsp3) is 0.391. The highest BCUT2D eigenvalue weighted by Crippen LogP contribution is 2.23. The van der Waals surface area contributed by atoms with Crippen molar-refractivity contribution in [1.29, 1.82) is 0 Å². The molecule has 0 spiro atoms. The molecule has 0 radical (unpaired) electrons. The van der Waals surface area contributed by atoms with Gasteiger partial charge in [-0.1, -0.05) is 66.8 Å². The van der Waals surface area contributed by atoms with Crippen molar-refractivity contribution in [3.8, 4) is 0 Å². The van der Waals surface area contributed by atoms with E-state index in [1.807, 2.05) is 43.5 Å². The van der Waals surface area contributed by atoms with Gasteiger partial charge in [-0.15, -0.1) is 10.2 Å². The largest absolute Gasteiger partial charge is 0.357 e. The van der Waals surface area contributed by atoms with Gasteiger partial charge in [0.05, 0.1) is 6.42 Å². The number of rotatable bonds is 8. The predicted molar refractivity (Wildman–Crippen MR) is 129 cm³/mol. The molecule has 1 amide bonds. The summed E-state index contributed by atoms with van der Waals surface area (Å²) in [6, 6.07) is 9.99. The second kappa shape index (κ2) is 12.0. The second-order valence-corrected chi connectivity index (χ2v) is 8.28. The van der Waals surface area contributed by atoms with Gasteiger partial charge < -0.3 is 15.5 Å². The van der Waals surface area contributed by atoms with E-state index in [1.54, 1.807) is 0 Å². The van der Waals surface area contributed by atoms with E-state index in [0.29, 0.717) is 17.6 Å². The van der Waals surface area contributed by atoms with Gasteiger partial charge in [0.2, 0.25) is 16.2 Å². The number of nitrogens with zero attached hydrogens (tertiary/aromatic N) is 4. The fourth-order valence-corrected chi connectivity index (χ4v) is 4.12. The number of aromatic nitrogens is 2. The number of allylic oxidation sites excluding steroid dienone is 3. The molecular formula is C23H30N6OS. The van der Waals surface area contributed by atoms with Crippen molar-refractivity contribution in [3.05, 3.63) is 60.2 Å². The molecule has 1 fully saturated rings. The summed E-state index contributed by atoms with van der Waals surface area (Å²) in [5.74, 6) is 0.925. The molecule has 1 aromatic heterocycles. The minimum atomic E-state index is -0.0876. The third-order valence-electron chi connectivity index (χ3n) is 4.98. The Morgan fingerprint density at radius 2 is 1.94 bits per heavy atom. The summed E-state index contributed by atoms with van der Waals surface area (Å²) < 4.78 is 0. The van der Waals surface area contributed by atoms with Crippen molar-refractivity contribution < 1.29 is 4.79 Å². The lowest BCUT2D eigenvalue weighted by Gasteiger charge is -2.33. The summed E-state index contributed by atoms with van der Waals surface area (Å²) in [6.45, 7) is 3.99. The molecular weight excluding hydrogens is 408 g/mol. The van der Waals surface area contributed by atoms with Gasteiger partial charge in [-0.05, 0) is 30.9 Å². The van der Waals surface area contributed by atoms with Crippen LogP contribution in [-0.4, -0.2) is 53.0 Å². The normalized spacial score (nSPS) is 15.7. The van der Waals surface area contributed by atoms with Crippen LogP contribution in [0.25, 0.3) is 0 Å². The Labute approximate surface area is 188 Å². The first-order valence-electron chi connectivity index (χ1n) is 10.7. The molecule has 7 nitrogen and oxygen atoms in total. The third-order valence-corrected chi connectivity index (χ3v) is 5.75. The average Bonchev–Trinajstić information content (AvgIpc) is 3.22. The lowest BCUT2D eigenvalue weighted by molar-refractivity contribution is -0.115. The van der Waals surface area contributed by atoms with E-state index >= 15 is 0 Å². The molecule has 164 valence electrons. The van der Waals surface area contributed by atoms with Gasteiger partial charge >= 0.3 is 0 Å². The van der Waals surface area contributed by atoms with Crippen LogP contribution in [0.4, 0.5) is 10.3 Å². The number of amides is 1. The molecule has 0 aliphatic carbocycles. The molecule has 0 saturated carbocycles. The van der Waals surface area contributed by atoms with Crippen molar-refractivity contribution in [3.63, 3.8) is 0 Å². The Morgan fingerprint density at radius 3 is 2.65 bits per heavy atom. The molecule has 1 aliphatic rings. The Kier molecular flexibility index (Phi) is 8.78. The number of carbonyl (C=O) groups excluding carboxylic acids is 1. The number of nitrogens with one attached hydrogen (secondary N) is 2. The van der Waals surface area contributed by atoms with Gasteiger partial charge in [-0.2, -0.15) is 0 Å². The van der Waals surface area contributed by atoms with Crippen molar-refractivity contribution in [2.45, 2.75) is 38.6 Å². The Morgan fingerprint density at radius 1 is 1.19 bits per heavy atom. The van der Waals surface area contributed by atoms with Crippen molar-refractivity contribution >= 4 is 33.3 Å². The molecule has 8 heteroatoms. The van der Waals surface area contributed by atoms with E-state index in [9.17, 15) is 4.79 Å². The van der Waals surface area contributed by atoms with Crippen LogP contribution in [0.2, 0.25) is 0 Å². The quantitative estimate of drug-likeness (QED) is 0.368. The highest BCUT2D eigenvalue weighted by molar-refractivity contribution is 7.19. The molecule has 0 unspecified atom stereocenters. The van der Waals surface area contributed by atoms with Crippen LogP contribution in [0.15, 0.2) is 59.6 Å². The predicted octanol–water partition coefficient (Wildman–Crippen LogP) is 4.15. The lowest BCUT2D eigenvalue weighted by Crippen LogP contribution is -2.41. The number of hydrogen-bond acceptors (Lipinski definition) is 6. The number of anilines is 2. The first-order valence-corrected chi connectivity index (χ1v) is 11.5. The minimum absolute atomic E-state index is 0.0876. The summed E-state index contributed by atoms with van der Waals surface area (Å²) in [7, 11) is 1.84. The van der Waals surface area contributed by atoms with Crippen LogP contribution in [-0.2, 0) is 11.2 Å². The summed E-state index contributed by atoms with van der Waals surface area (Å²) in [5, 5.41) is 15.8. The van der Waals surface area contributed by atoms with Crippen LogP contribution < -0.4 is 10.6 Å². The van der Waals surface area contributed by atoms with Crippen LogP contribution >= 0.6 is 11.3 Å². The molecule has 2 N–H and O–H groups in total. The number of benzene rings is 1. The van der Waals surface area contributed by atoms with Gasteiger partial charge in [-0.3, -0.25) is 9.79 Å². The summed E-state index contributed by atoms with van der Waals surface area (Å²) in [5.41, 5.74) is 0.973. The van der Waals surface area contributed by atoms with Crippen LogP contribution in [0.5, 0.6) is 0 Å². The zero-order valence-corrected chi connectivity index (χ0v) is 18.9. The van der Waals surface area contributed by atoms with E-state index in [4.69, 9.17) is 0 Å². The fourth-order valence-electron chi connectivity index (χ4n) is 3.38. The molecule has 1 saturated heterocycles. The number of amidine groups is 1. The zero-order chi connectivity index (χ0) is 21.9. The van der Waals surface area contributed by atoms with Gasteiger partial charge in [0.1, 0.15) is 5.84 Å². The Balaban J connectivity index is 1.45. The summed E-state index contributed by atoms with van der Waals surface area (Å²) >= 11 is 1.37.